The SMILES string of the molecule is CC(C)(C)c1ccc(Sc2ccc(C(C)(C)C)cc2)cc1.O=C(NCCS)c1cccnc1. The lowest BCUT2D eigenvalue weighted by Gasteiger charge is -2.19. The molecule has 0 bridgehead atoms. The van der Waals surface area contributed by atoms with Crippen molar-refractivity contribution in [2.75, 3.05) is 12.3 Å². The van der Waals surface area contributed by atoms with Gasteiger partial charge in [-0.3, -0.25) is 9.78 Å². The molecule has 0 aliphatic carbocycles. The molecule has 0 radical (unpaired) electrons. The van der Waals surface area contributed by atoms with Gasteiger partial charge in [0.15, 0.2) is 0 Å². The van der Waals surface area contributed by atoms with E-state index in [-0.39, 0.29) is 16.7 Å². The van der Waals surface area contributed by atoms with Crippen LogP contribution in [0.3, 0.4) is 0 Å². The summed E-state index contributed by atoms with van der Waals surface area (Å²) in [6, 6.07) is 21.3. The highest BCUT2D eigenvalue weighted by Gasteiger charge is 2.14. The van der Waals surface area contributed by atoms with Gasteiger partial charge < -0.3 is 5.32 Å². The minimum atomic E-state index is -0.0999. The second-order valence-electron chi connectivity index (χ2n) is 9.87. The fraction of sp³-hybridized carbons (Fsp3) is 0.357. The van der Waals surface area contributed by atoms with E-state index in [1.807, 2.05) is 11.8 Å². The Balaban J connectivity index is 0.000000273. The summed E-state index contributed by atoms with van der Waals surface area (Å²) < 4.78 is 0. The van der Waals surface area contributed by atoms with E-state index in [1.165, 1.54) is 27.1 Å². The summed E-state index contributed by atoms with van der Waals surface area (Å²) in [5.74, 6) is 0.545. The molecule has 1 aromatic heterocycles. The number of nitrogens with one attached hydrogen (secondary N) is 1. The maximum atomic E-state index is 11.2. The average molecular weight is 481 g/mol. The lowest BCUT2D eigenvalue weighted by molar-refractivity contribution is 0.0956. The molecule has 1 heterocycles. The monoisotopic (exact) mass is 480 g/mol. The lowest BCUT2D eigenvalue weighted by Crippen LogP contribution is -2.25. The zero-order valence-electron chi connectivity index (χ0n) is 20.6. The molecule has 3 nitrogen and oxygen atoms in total. The van der Waals surface area contributed by atoms with E-state index in [2.05, 4.69) is 113 Å². The van der Waals surface area contributed by atoms with Gasteiger partial charge in [0.05, 0.1) is 5.56 Å². The van der Waals surface area contributed by atoms with E-state index in [1.54, 1.807) is 18.3 Å². The van der Waals surface area contributed by atoms with Crippen molar-refractivity contribution in [2.24, 2.45) is 0 Å². The van der Waals surface area contributed by atoms with Crippen LogP contribution in [0.4, 0.5) is 0 Å². The molecular formula is C28H36N2OS2. The summed E-state index contributed by atoms with van der Waals surface area (Å²) >= 11 is 5.80. The smallest absolute Gasteiger partial charge is 0.252 e. The van der Waals surface area contributed by atoms with Crippen LogP contribution in [-0.4, -0.2) is 23.2 Å². The molecule has 176 valence electrons. The van der Waals surface area contributed by atoms with E-state index in [0.717, 1.165) is 0 Å². The van der Waals surface area contributed by atoms with Crippen molar-refractivity contribution < 1.29 is 4.79 Å². The molecule has 33 heavy (non-hydrogen) atoms. The number of carbonyl (C=O) groups excluding carboxylic acids is 1. The average Bonchev–Trinajstić information content (AvgIpc) is 2.78. The van der Waals surface area contributed by atoms with Gasteiger partial charge in [0.25, 0.3) is 5.91 Å². The third-order valence-corrected chi connectivity index (χ3v) is 6.24. The Labute approximate surface area is 209 Å². The summed E-state index contributed by atoms with van der Waals surface area (Å²) in [5, 5.41) is 2.69. The molecule has 0 spiro atoms. The highest BCUT2D eigenvalue weighted by atomic mass is 32.2. The Kier molecular flexibility index (Phi) is 10.1. The first-order valence-electron chi connectivity index (χ1n) is 11.2. The number of aromatic nitrogens is 1. The van der Waals surface area contributed by atoms with Crippen LogP contribution < -0.4 is 5.32 Å². The molecule has 1 N–H and O–H groups in total. The first-order valence-corrected chi connectivity index (χ1v) is 12.6. The number of amides is 1. The molecule has 0 fully saturated rings. The van der Waals surface area contributed by atoms with Crippen molar-refractivity contribution in [1.29, 1.82) is 0 Å². The number of carbonyl (C=O) groups is 1. The first kappa shape index (κ1) is 27.0. The van der Waals surface area contributed by atoms with Gasteiger partial charge in [0, 0.05) is 34.5 Å². The molecule has 0 saturated carbocycles. The lowest BCUT2D eigenvalue weighted by atomic mass is 9.87. The van der Waals surface area contributed by atoms with E-state index < -0.39 is 0 Å². The van der Waals surface area contributed by atoms with Gasteiger partial charge >= 0.3 is 0 Å². The standard InChI is InChI=1S/C20H26S.C8H10N2OS/c1-19(2,3)15-7-11-17(12-8-15)21-18-13-9-16(10-14-18)20(4,5)6;11-8(10-4-5-12)7-2-1-3-9-6-7/h7-14H,1-6H3;1-3,6,12H,4-5H2,(H,10,11). The zero-order chi connectivity index (χ0) is 24.5. The van der Waals surface area contributed by atoms with Crippen molar-refractivity contribution >= 4 is 30.3 Å². The highest BCUT2D eigenvalue weighted by Crippen LogP contribution is 2.32. The fourth-order valence-electron chi connectivity index (χ4n) is 2.95. The summed E-state index contributed by atoms with van der Waals surface area (Å²) in [6.07, 6.45) is 3.17. The molecule has 0 atom stereocenters. The second-order valence-corrected chi connectivity index (χ2v) is 11.5. The number of hydrogen-bond acceptors (Lipinski definition) is 4. The quantitative estimate of drug-likeness (QED) is 0.380. The molecule has 3 aromatic rings. The summed E-state index contributed by atoms with van der Waals surface area (Å²) in [4.78, 5) is 17.6. The molecule has 2 aromatic carbocycles. The van der Waals surface area contributed by atoms with Crippen LogP contribution in [0.5, 0.6) is 0 Å². The van der Waals surface area contributed by atoms with Crippen LogP contribution in [0.2, 0.25) is 0 Å². The Morgan fingerprint density at radius 2 is 1.33 bits per heavy atom. The minimum absolute atomic E-state index is 0.0999. The van der Waals surface area contributed by atoms with Gasteiger partial charge in [0.1, 0.15) is 0 Å². The normalized spacial score (nSPS) is 11.4. The van der Waals surface area contributed by atoms with Gasteiger partial charge in [-0.15, -0.1) is 0 Å². The Morgan fingerprint density at radius 1 is 0.848 bits per heavy atom. The van der Waals surface area contributed by atoms with Gasteiger partial charge in [-0.25, -0.2) is 0 Å². The van der Waals surface area contributed by atoms with Crippen molar-refractivity contribution in [2.45, 2.75) is 62.2 Å². The van der Waals surface area contributed by atoms with Crippen molar-refractivity contribution in [3.63, 3.8) is 0 Å². The van der Waals surface area contributed by atoms with Gasteiger partial charge in [-0.1, -0.05) is 77.6 Å². The molecule has 3 rings (SSSR count). The molecule has 0 aliphatic heterocycles. The summed E-state index contributed by atoms with van der Waals surface area (Å²) in [7, 11) is 0. The van der Waals surface area contributed by atoms with Crippen molar-refractivity contribution in [3.8, 4) is 0 Å². The predicted molar refractivity (Wildman–Crippen MR) is 145 cm³/mol. The molecule has 0 saturated heterocycles. The van der Waals surface area contributed by atoms with Crippen LogP contribution in [0.25, 0.3) is 0 Å². The molecule has 1 amide bonds. The van der Waals surface area contributed by atoms with E-state index in [9.17, 15) is 4.79 Å². The fourth-order valence-corrected chi connectivity index (χ4v) is 3.88. The number of thiol groups is 1. The van der Waals surface area contributed by atoms with E-state index >= 15 is 0 Å². The van der Waals surface area contributed by atoms with Gasteiger partial charge in [-0.05, 0) is 58.4 Å². The Hall–Kier alpha value is -2.24. The largest absolute Gasteiger partial charge is 0.351 e. The summed E-state index contributed by atoms with van der Waals surface area (Å²) in [6.45, 7) is 14.1. The topological polar surface area (TPSA) is 42.0 Å². The number of benzene rings is 2. The van der Waals surface area contributed by atoms with Crippen LogP contribution in [0.15, 0.2) is 82.8 Å². The van der Waals surface area contributed by atoms with E-state index in [0.29, 0.717) is 17.9 Å². The van der Waals surface area contributed by atoms with Gasteiger partial charge in [0.2, 0.25) is 0 Å². The van der Waals surface area contributed by atoms with E-state index in [4.69, 9.17) is 0 Å². The van der Waals surface area contributed by atoms with Crippen LogP contribution in [0.1, 0.15) is 63.0 Å². The maximum Gasteiger partial charge on any atom is 0.252 e. The van der Waals surface area contributed by atoms with Crippen LogP contribution in [0, 0.1) is 0 Å². The summed E-state index contributed by atoms with van der Waals surface area (Å²) in [5.41, 5.74) is 3.79. The third-order valence-electron chi connectivity index (χ3n) is 5.00. The zero-order valence-corrected chi connectivity index (χ0v) is 22.3. The maximum absolute atomic E-state index is 11.2. The van der Waals surface area contributed by atoms with Crippen molar-refractivity contribution in [3.05, 3.63) is 89.7 Å². The first-order chi connectivity index (χ1) is 15.5. The molecular weight excluding hydrogens is 444 g/mol. The molecule has 0 unspecified atom stereocenters. The number of rotatable bonds is 5. The molecule has 5 heteroatoms. The number of hydrogen-bond donors (Lipinski definition) is 2. The third kappa shape index (κ3) is 9.26. The van der Waals surface area contributed by atoms with Crippen LogP contribution in [-0.2, 0) is 10.8 Å². The van der Waals surface area contributed by atoms with Crippen LogP contribution >= 0.6 is 24.4 Å². The van der Waals surface area contributed by atoms with Gasteiger partial charge in [-0.2, -0.15) is 12.6 Å². The highest BCUT2D eigenvalue weighted by molar-refractivity contribution is 7.99. The number of nitrogens with zero attached hydrogens (tertiary/aromatic N) is 1. The predicted octanol–water partition coefficient (Wildman–Crippen LogP) is 7.17. The number of pyridine rings is 1. The second kappa shape index (κ2) is 12.3. The van der Waals surface area contributed by atoms with Crippen molar-refractivity contribution in [1.82, 2.24) is 10.3 Å². The minimum Gasteiger partial charge on any atom is -0.351 e. The Bertz CT molecular complexity index is 932. The Morgan fingerprint density at radius 3 is 1.70 bits per heavy atom. The molecule has 0 aliphatic rings.